The molecule has 0 aromatic heterocycles. The first-order valence-electron chi connectivity index (χ1n) is 5.64. The Hall–Kier alpha value is -1.72. The molecule has 1 amide bonds. The van der Waals surface area contributed by atoms with E-state index in [2.05, 4.69) is 5.32 Å². The zero-order chi connectivity index (χ0) is 12.3. The zero-order valence-corrected chi connectivity index (χ0v) is 9.35. The highest BCUT2D eigenvalue weighted by Crippen LogP contribution is 2.34. The molecule has 0 aromatic carbocycles. The lowest BCUT2D eigenvalue weighted by Crippen LogP contribution is -2.39. The molecule has 1 atom stereocenters. The van der Waals surface area contributed by atoms with Gasteiger partial charge in [-0.3, -0.25) is 9.59 Å². The van der Waals surface area contributed by atoms with Crippen LogP contribution in [0.15, 0.2) is 12.0 Å². The molecule has 0 radical (unpaired) electrons. The highest BCUT2D eigenvalue weighted by Gasteiger charge is 2.34. The summed E-state index contributed by atoms with van der Waals surface area (Å²) in [5.41, 5.74) is 0. The van der Waals surface area contributed by atoms with E-state index in [9.17, 15) is 9.59 Å². The minimum atomic E-state index is -0.906. The van der Waals surface area contributed by atoms with Gasteiger partial charge in [-0.25, -0.2) is 0 Å². The Labute approximate surface area is 98.6 Å². The first-order valence-corrected chi connectivity index (χ1v) is 5.64. The molecule has 6 heteroatoms. The predicted molar refractivity (Wildman–Crippen MR) is 56.9 cm³/mol. The van der Waals surface area contributed by atoms with E-state index >= 15 is 0 Å². The molecule has 2 rings (SSSR count). The van der Waals surface area contributed by atoms with Crippen LogP contribution in [-0.4, -0.2) is 36.2 Å². The third-order valence-corrected chi connectivity index (χ3v) is 2.77. The molecule has 94 valence electrons. The summed E-state index contributed by atoms with van der Waals surface area (Å²) in [6, 6.07) is -0.313. The van der Waals surface area contributed by atoms with E-state index in [0.29, 0.717) is 13.2 Å². The van der Waals surface area contributed by atoms with Crippen molar-refractivity contribution in [2.24, 2.45) is 5.92 Å². The minimum Gasteiger partial charge on any atom is -0.494 e. The minimum absolute atomic E-state index is 0.0510. The van der Waals surface area contributed by atoms with Crippen LogP contribution in [0.3, 0.4) is 0 Å². The Morgan fingerprint density at radius 1 is 1.47 bits per heavy atom. The Balaban J connectivity index is 1.90. The number of hydrogen-bond donors (Lipinski definition) is 2. The number of carboxylic acid groups (broad SMARTS) is 1. The highest BCUT2D eigenvalue weighted by atomic mass is 16.6. The van der Waals surface area contributed by atoms with Crippen molar-refractivity contribution in [2.75, 3.05) is 13.2 Å². The molecule has 2 N–H and O–H groups in total. The van der Waals surface area contributed by atoms with Crippen molar-refractivity contribution in [3.05, 3.63) is 12.0 Å². The summed E-state index contributed by atoms with van der Waals surface area (Å²) < 4.78 is 10.1. The molecule has 1 fully saturated rings. The number of nitrogens with one attached hydrogen (secondary N) is 1. The number of carboxylic acids is 1. The molecule has 6 nitrogen and oxygen atoms in total. The van der Waals surface area contributed by atoms with Crippen molar-refractivity contribution in [1.29, 1.82) is 0 Å². The topological polar surface area (TPSA) is 84.9 Å². The summed E-state index contributed by atoms with van der Waals surface area (Å²) in [7, 11) is 0. The van der Waals surface area contributed by atoms with E-state index in [1.165, 1.54) is 6.26 Å². The van der Waals surface area contributed by atoms with E-state index in [0.717, 1.165) is 12.8 Å². The number of carbonyl (C=O) groups excluding carboxylic acids is 1. The van der Waals surface area contributed by atoms with Crippen molar-refractivity contribution in [2.45, 2.75) is 25.3 Å². The van der Waals surface area contributed by atoms with Gasteiger partial charge in [0.2, 0.25) is 5.76 Å². The van der Waals surface area contributed by atoms with Gasteiger partial charge in [0.25, 0.3) is 5.91 Å². The number of ether oxygens (including phenoxy) is 2. The lowest BCUT2D eigenvalue weighted by Gasteiger charge is -2.19. The number of aliphatic carboxylic acids is 1. The quantitative estimate of drug-likeness (QED) is 0.720. The van der Waals surface area contributed by atoms with E-state index in [4.69, 9.17) is 14.6 Å². The largest absolute Gasteiger partial charge is 0.494 e. The van der Waals surface area contributed by atoms with Gasteiger partial charge in [0, 0.05) is 6.04 Å². The van der Waals surface area contributed by atoms with Gasteiger partial charge >= 0.3 is 5.97 Å². The first kappa shape index (κ1) is 11.8. The van der Waals surface area contributed by atoms with E-state index in [1.807, 2.05) is 0 Å². The molecular formula is C11H15NO5. The van der Waals surface area contributed by atoms with Gasteiger partial charge < -0.3 is 19.9 Å². The van der Waals surface area contributed by atoms with Crippen molar-refractivity contribution in [3.8, 4) is 0 Å². The van der Waals surface area contributed by atoms with Gasteiger partial charge in [-0.1, -0.05) is 0 Å². The molecule has 1 aliphatic carbocycles. The summed E-state index contributed by atoms with van der Waals surface area (Å²) >= 11 is 0. The van der Waals surface area contributed by atoms with Crippen LogP contribution in [0.4, 0.5) is 0 Å². The Morgan fingerprint density at radius 3 is 2.76 bits per heavy atom. The Kier molecular flexibility index (Phi) is 3.51. The second-order valence-electron chi connectivity index (χ2n) is 4.22. The third kappa shape index (κ3) is 3.37. The number of carbonyl (C=O) groups is 2. The number of amides is 1. The molecule has 2 aliphatic rings. The van der Waals surface area contributed by atoms with Crippen LogP contribution in [0.2, 0.25) is 0 Å². The van der Waals surface area contributed by atoms with Crippen LogP contribution >= 0.6 is 0 Å². The van der Waals surface area contributed by atoms with Crippen molar-refractivity contribution in [3.63, 3.8) is 0 Å². The lowest BCUT2D eigenvalue weighted by atomic mass is 10.1. The average Bonchev–Trinajstić information content (AvgIpc) is 3.12. The van der Waals surface area contributed by atoms with Crippen LogP contribution in [0.1, 0.15) is 19.3 Å². The standard InChI is InChI=1S/C11H15NO5/c13-10(14)5-8(7-1-2-7)12-11(15)9-6-16-3-4-17-9/h6-8H,1-5H2,(H,12,15)(H,13,14). The second kappa shape index (κ2) is 5.07. The van der Waals surface area contributed by atoms with E-state index in [-0.39, 0.29) is 24.1 Å². The maximum atomic E-state index is 11.7. The van der Waals surface area contributed by atoms with Crippen LogP contribution in [0, 0.1) is 5.92 Å². The Morgan fingerprint density at radius 2 is 2.24 bits per heavy atom. The van der Waals surface area contributed by atoms with Crippen LogP contribution in [-0.2, 0) is 19.1 Å². The van der Waals surface area contributed by atoms with Crippen LogP contribution < -0.4 is 5.32 Å². The normalized spacial score (nSPS) is 20.6. The molecule has 0 bridgehead atoms. The predicted octanol–water partition coefficient (Wildman–Crippen LogP) is 0.244. The van der Waals surface area contributed by atoms with Crippen molar-refractivity contribution >= 4 is 11.9 Å². The second-order valence-corrected chi connectivity index (χ2v) is 4.22. The summed E-state index contributed by atoms with van der Waals surface area (Å²) in [5.74, 6) is -0.910. The van der Waals surface area contributed by atoms with Gasteiger partial charge in [0.15, 0.2) is 0 Å². The van der Waals surface area contributed by atoms with Crippen molar-refractivity contribution in [1.82, 2.24) is 5.32 Å². The third-order valence-electron chi connectivity index (χ3n) is 2.77. The summed E-state index contributed by atoms with van der Waals surface area (Å²) in [4.78, 5) is 22.4. The fourth-order valence-corrected chi connectivity index (χ4v) is 1.75. The maximum absolute atomic E-state index is 11.7. The van der Waals surface area contributed by atoms with Gasteiger partial charge in [-0.05, 0) is 18.8 Å². The molecule has 1 heterocycles. The van der Waals surface area contributed by atoms with Gasteiger partial charge in [-0.2, -0.15) is 0 Å². The molecule has 17 heavy (non-hydrogen) atoms. The summed E-state index contributed by atoms with van der Waals surface area (Å²) in [5, 5.41) is 11.4. The molecule has 0 spiro atoms. The van der Waals surface area contributed by atoms with E-state index in [1.54, 1.807) is 0 Å². The average molecular weight is 241 g/mol. The fraction of sp³-hybridized carbons (Fsp3) is 0.636. The molecule has 0 aromatic rings. The van der Waals surface area contributed by atoms with E-state index < -0.39 is 11.9 Å². The van der Waals surface area contributed by atoms with Gasteiger partial charge in [-0.15, -0.1) is 0 Å². The summed E-state index contributed by atoms with van der Waals surface area (Å²) in [6.07, 6.45) is 3.15. The highest BCUT2D eigenvalue weighted by molar-refractivity contribution is 5.91. The molecular weight excluding hydrogens is 226 g/mol. The van der Waals surface area contributed by atoms with Crippen LogP contribution in [0.25, 0.3) is 0 Å². The lowest BCUT2D eigenvalue weighted by molar-refractivity contribution is -0.138. The summed E-state index contributed by atoms with van der Waals surface area (Å²) in [6.45, 7) is 0.768. The molecule has 0 saturated heterocycles. The van der Waals surface area contributed by atoms with Crippen LogP contribution in [0.5, 0.6) is 0 Å². The van der Waals surface area contributed by atoms with Gasteiger partial charge in [0.05, 0.1) is 6.42 Å². The number of rotatable bonds is 5. The molecule has 1 aliphatic heterocycles. The molecule has 1 unspecified atom stereocenters. The number of hydrogen-bond acceptors (Lipinski definition) is 4. The smallest absolute Gasteiger partial charge is 0.305 e. The molecule has 1 saturated carbocycles. The first-order chi connectivity index (χ1) is 8.16. The monoisotopic (exact) mass is 241 g/mol. The van der Waals surface area contributed by atoms with Gasteiger partial charge in [0.1, 0.15) is 19.5 Å². The maximum Gasteiger partial charge on any atom is 0.305 e. The SMILES string of the molecule is O=C(O)CC(NC(=O)C1=COCCO1)C1CC1. The Bertz CT molecular complexity index is 348. The van der Waals surface area contributed by atoms with Crippen molar-refractivity contribution < 1.29 is 24.2 Å². The fourth-order valence-electron chi connectivity index (χ4n) is 1.75. The zero-order valence-electron chi connectivity index (χ0n) is 9.35.